The molecule has 1 unspecified atom stereocenters. The molecule has 7 heteroatoms. The van der Waals surface area contributed by atoms with Crippen molar-refractivity contribution in [1.82, 2.24) is 9.88 Å². The highest BCUT2D eigenvalue weighted by atomic mass is 32.2. The molecular formula is C17H22N2O4S. The fraction of sp³-hybridized carbons (Fsp3) is 0.471. The number of H-pyrrole nitrogens is 1. The van der Waals surface area contributed by atoms with Gasteiger partial charge in [-0.3, -0.25) is 4.79 Å². The first-order chi connectivity index (χ1) is 11.5. The lowest BCUT2D eigenvalue weighted by molar-refractivity contribution is -0.133. The van der Waals surface area contributed by atoms with E-state index in [1.165, 1.54) is 0 Å². The first-order valence-electron chi connectivity index (χ1n) is 8.04. The number of amides is 1. The molecule has 1 saturated heterocycles. The molecule has 0 aliphatic carbocycles. The van der Waals surface area contributed by atoms with Crippen molar-refractivity contribution in [3.05, 3.63) is 36.0 Å². The number of nitrogens with one attached hydrogen (secondary N) is 1. The minimum atomic E-state index is -3.04. The number of benzene rings is 1. The van der Waals surface area contributed by atoms with Crippen LogP contribution in [0, 0.1) is 0 Å². The second kappa shape index (κ2) is 6.94. The zero-order valence-electron chi connectivity index (χ0n) is 13.7. The Kier molecular flexibility index (Phi) is 4.91. The zero-order valence-corrected chi connectivity index (χ0v) is 14.5. The molecule has 0 bridgehead atoms. The summed E-state index contributed by atoms with van der Waals surface area (Å²) >= 11 is 0. The molecule has 3 rings (SSSR count). The number of fused-ring (bicyclic) bond motifs is 1. The number of rotatable bonds is 6. The third-order valence-electron chi connectivity index (χ3n) is 4.52. The number of hydrogen-bond acceptors (Lipinski definition) is 4. The van der Waals surface area contributed by atoms with Crippen LogP contribution < -0.4 is 0 Å². The minimum absolute atomic E-state index is 0.0519. The zero-order chi connectivity index (χ0) is 17.2. The Morgan fingerprint density at radius 2 is 2.17 bits per heavy atom. The van der Waals surface area contributed by atoms with Gasteiger partial charge < -0.3 is 14.6 Å². The van der Waals surface area contributed by atoms with Crippen molar-refractivity contribution in [2.45, 2.75) is 18.9 Å². The molecule has 24 heavy (non-hydrogen) atoms. The molecule has 1 aromatic carbocycles. The molecule has 1 amide bonds. The molecule has 0 spiro atoms. The maximum atomic E-state index is 12.8. The van der Waals surface area contributed by atoms with E-state index >= 15 is 0 Å². The van der Waals surface area contributed by atoms with E-state index in [4.69, 9.17) is 4.74 Å². The molecule has 1 aromatic heterocycles. The number of hydrogen-bond donors (Lipinski definition) is 1. The summed E-state index contributed by atoms with van der Waals surface area (Å²) in [5, 5.41) is 1.02. The van der Waals surface area contributed by atoms with Crippen LogP contribution in [0.25, 0.3) is 10.9 Å². The summed E-state index contributed by atoms with van der Waals surface area (Å²) in [4.78, 5) is 17.7. The van der Waals surface area contributed by atoms with E-state index in [0.29, 0.717) is 19.6 Å². The number of aromatic nitrogens is 1. The minimum Gasteiger partial charge on any atom is -0.383 e. The topological polar surface area (TPSA) is 79.5 Å². The predicted molar refractivity (Wildman–Crippen MR) is 92.7 cm³/mol. The summed E-state index contributed by atoms with van der Waals surface area (Å²) in [7, 11) is -1.46. The van der Waals surface area contributed by atoms with Gasteiger partial charge in [0.25, 0.3) is 0 Å². The standard InChI is InChI=1S/C17H22N2O4S/c1-23-8-7-19(14-6-9-24(21,22)12-14)17(20)10-13-11-18-16-5-3-2-4-15(13)16/h2-5,11,14,18H,6-10,12H2,1H3. The Balaban J connectivity index is 1.78. The third-order valence-corrected chi connectivity index (χ3v) is 6.27. The normalized spacial score (nSPS) is 19.6. The summed E-state index contributed by atoms with van der Waals surface area (Å²) in [6.07, 6.45) is 2.61. The van der Waals surface area contributed by atoms with Crippen LogP contribution in [0.1, 0.15) is 12.0 Å². The van der Waals surface area contributed by atoms with Crippen molar-refractivity contribution in [1.29, 1.82) is 0 Å². The van der Waals surface area contributed by atoms with Crippen LogP contribution in [0.15, 0.2) is 30.5 Å². The van der Waals surface area contributed by atoms with Gasteiger partial charge in [0.05, 0.1) is 24.5 Å². The van der Waals surface area contributed by atoms with Crippen molar-refractivity contribution in [2.24, 2.45) is 0 Å². The van der Waals surface area contributed by atoms with Gasteiger partial charge in [-0.1, -0.05) is 18.2 Å². The fourth-order valence-corrected chi connectivity index (χ4v) is 4.99. The highest BCUT2D eigenvalue weighted by molar-refractivity contribution is 7.91. The summed E-state index contributed by atoms with van der Waals surface area (Å²) in [6.45, 7) is 0.814. The van der Waals surface area contributed by atoms with Crippen molar-refractivity contribution < 1.29 is 17.9 Å². The number of carbonyl (C=O) groups is 1. The van der Waals surface area contributed by atoms with Crippen LogP contribution in [-0.2, 0) is 25.8 Å². The number of methoxy groups -OCH3 is 1. The summed E-state index contributed by atoms with van der Waals surface area (Å²) in [6, 6.07) is 7.58. The Hall–Kier alpha value is -1.86. The average molecular weight is 350 g/mol. The van der Waals surface area contributed by atoms with Gasteiger partial charge >= 0.3 is 0 Å². The van der Waals surface area contributed by atoms with Crippen molar-refractivity contribution in [3.8, 4) is 0 Å². The summed E-state index contributed by atoms with van der Waals surface area (Å²) < 4.78 is 28.6. The number of sulfone groups is 1. The molecule has 2 aromatic rings. The molecule has 1 aliphatic rings. The molecule has 2 heterocycles. The molecule has 130 valence electrons. The van der Waals surface area contributed by atoms with E-state index < -0.39 is 9.84 Å². The van der Waals surface area contributed by atoms with Crippen LogP contribution in [0.5, 0.6) is 0 Å². The lowest BCUT2D eigenvalue weighted by atomic mass is 10.1. The SMILES string of the molecule is COCCN(C(=O)Cc1c[nH]c2ccccc12)C1CCS(=O)(=O)C1. The van der Waals surface area contributed by atoms with Crippen molar-refractivity contribution >= 4 is 26.6 Å². The van der Waals surface area contributed by atoms with E-state index in [9.17, 15) is 13.2 Å². The Bertz CT molecular complexity index is 828. The van der Waals surface area contributed by atoms with E-state index in [0.717, 1.165) is 16.5 Å². The third kappa shape index (κ3) is 3.62. The lowest BCUT2D eigenvalue weighted by Crippen LogP contribution is -2.43. The number of nitrogens with zero attached hydrogens (tertiary/aromatic N) is 1. The average Bonchev–Trinajstić information content (AvgIpc) is 3.12. The van der Waals surface area contributed by atoms with Gasteiger partial charge in [0.1, 0.15) is 0 Å². The maximum absolute atomic E-state index is 12.8. The van der Waals surface area contributed by atoms with Gasteiger partial charge in [-0.2, -0.15) is 0 Å². The van der Waals surface area contributed by atoms with E-state index in [2.05, 4.69) is 4.98 Å². The van der Waals surface area contributed by atoms with Crippen LogP contribution in [0.4, 0.5) is 0 Å². The highest BCUT2D eigenvalue weighted by Gasteiger charge is 2.34. The molecule has 0 radical (unpaired) electrons. The molecular weight excluding hydrogens is 328 g/mol. The molecule has 1 N–H and O–H groups in total. The van der Waals surface area contributed by atoms with Crippen molar-refractivity contribution in [2.75, 3.05) is 31.8 Å². The largest absolute Gasteiger partial charge is 0.383 e. The Morgan fingerprint density at radius 3 is 2.88 bits per heavy atom. The number of para-hydroxylation sites is 1. The summed E-state index contributed by atoms with van der Waals surface area (Å²) in [5.74, 6) is 0.150. The van der Waals surface area contributed by atoms with Gasteiger partial charge in [0.15, 0.2) is 9.84 Å². The molecule has 1 atom stereocenters. The predicted octanol–water partition coefficient (Wildman–Crippen LogP) is 1.37. The van der Waals surface area contributed by atoms with Gasteiger partial charge in [0, 0.05) is 36.8 Å². The smallest absolute Gasteiger partial charge is 0.227 e. The first-order valence-corrected chi connectivity index (χ1v) is 9.86. The monoisotopic (exact) mass is 350 g/mol. The number of aromatic amines is 1. The second-order valence-corrected chi connectivity index (χ2v) is 8.40. The molecule has 6 nitrogen and oxygen atoms in total. The molecule has 1 aliphatic heterocycles. The van der Waals surface area contributed by atoms with Gasteiger partial charge in [-0.15, -0.1) is 0 Å². The quantitative estimate of drug-likeness (QED) is 0.853. The van der Waals surface area contributed by atoms with Gasteiger partial charge in [-0.25, -0.2) is 8.42 Å². The Labute approximate surface area is 141 Å². The van der Waals surface area contributed by atoms with Crippen LogP contribution in [-0.4, -0.2) is 62.0 Å². The lowest BCUT2D eigenvalue weighted by Gasteiger charge is -2.28. The van der Waals surface area contributed by atoms with Gasteiger partial charge in [0.2, 0.25) is 5.91 Å². The van der Waals surface area contributed by atoms with Crippen LogP contribution in [0.2, 0.25) is 0 Å². The van der Waals surface area contributed by atoms with E-state index in [-0.39, 0.29) is 29.9 Å². The Morgan fingerprint density at radius 1 is 1.38 bits per heavy atom. The maximum Gasteiger partial charge on any atom is 0.227 e. The first kappa shape index (κ1) is 17.0. The summed E-state index contributed by atoms with van der Waals surface area (Å²) in [5.41, 5.74) is 1.92. The molecule has 0 saturated carbocycles. The second-order valence-electron chi connectivity index (χ2n) is 6.17. The van der Waals surface area contributed by atoms with Crippen molar-refractivity contribution in [3.63, 3.8) is 0 Å². The van der Waals surface area contributed by atoms with Crippen LogP contribution in [0.3, 0.4) is 0 Å². The van der Waals surface area contributed by atoms with Gasteiger partial charge in [-0.05, 0) is 18.1 Å². The number of carbonyl (C=O) groups excluding carboxylic acids is 1. The fourth-order valence-electron chi connectivity index (χ4n) is 3.26. The van der Waals surface area contributed by atoms with E-state index in [1.807, 2.05) is 30.5 Å². The van der Waals surface area contributed by atoms with E-state index in [1.54, 1.807) is 12.0 Å². The highest BCUT2D eigenvalue weighted by Crippen LogP contribution is 2.22. The number of ether oxygens (including phenoxy) is 1. The molecule has 1 fully saturated rings. The van der Waals surface area contributed by atoms with Crippen LogP contribution >= 0.6 is 0 Å².